The van der Waals surface area contributed by atoms with Gasteiger partial charge in [-0.3, -0.25) is 0 Å². The van der Waals surface area contributed by atoms with Crippen LogP contribution in [-0.4, -0.2) is 26.3 Å². The molecule has 6 nitrogen and oxygen atoms in total. The minimum atomic E-state index is -1.83. The fourth-order valence-electron chi connectivity index (χ4n) is 2.13. The summed E-state index contributed by atoms with van der Waals surface area (Å²) in [5.74, 6) is -0.129. The molecule has 0 atom stereocenters. The van der Waals surface area contributed by atoms with Crippen LogP contribution in [0.5, 0.6) is 0 Å². The van der Waals surface area contributed by atoms with E-state index in [0.29, 0.717) is 22.3 Å². The van der Waals surface area contributed by atoms with Crippen molar-refractivity contribution in [3.8, 4) is 11.1 Å². The van der Waals surface area contributed by atoms with Gasteiger partial charge in [0, 0.05) is 11.6 Å². The van der Waals surface area contributed by atoms with Crippen molar-refractivity contribution < 1.29 is 88.3 Å². The van der Waals surface area contributed by atoms with Gasteiger partial charge in [0.25, 0.3) is 0 Å². The molecule has 4 N–H and O–H groups in total. The normalized spacial score (nSPS) is 9.72. The third-order valence-electron chi connectivity index (χ3n) is 3.18. The van der Waals surface area contributed by atoms with Crippen molar-refractivity contribution >= 4 is 34.3 Å². The standard InChI is InChI=1S/C15H10ClFN3.CH2O3.Cs/c1-8-2-3-19-6-11(8)10-4-9-5-13(18)20-7-12(9)14(16)15(10)17;2-1(3)4;/h3-7H,1H3,(H2,18,20);(H2,2,3,4);/q-1;;+1. The average Bonchev–Trinajstić information content (AvgIpc) is 2.51. The zero-order valence-electron chi connectivity index (χ0n) is 13.4. The van der Waals surface area contributed by atoms with E-state index in [1.54, 1.807) is 24.5 Å². The van der Waals surface area contributed by atoms with Gasteiger partial charge in [-0.15, -0.1) is 5.56 Å². The van der Waals surface area contributed by atoms with Gasteiger partial charge in [-0.2, -0.15) is 0 Å². The van der Waals surface area contributed by atoms with Crippen LogP contribution in [0.1, 0.15) is 5.56 Å². The summed E-state index contributed by atoms with van der Waals surface area (Å²) < 4.78 is 14.5. The number of nitrogens with two attached hydrogens (primary N) is 1. The first-order chi connectivity index (χ1) is 11.3. The van der Waals surface area contributed by atoms with Crippen molar-refractivity contribution in [2.24, 2.45) is 0 Å². The van der Waals surface area contributed by atoms with Crippen LogP contribution in [0, 0.1) is 18.8 Å². The van der Waals surface area contributed by atoms with E-state index < -0.39 is 12.0 Å². The van der Waals surface area contributed by atoms with Crippen molar-refractivity contribution in [1.82, 2.24) is 9.97 Å². The second-order valence-corrected chi connectivity index (χ2v) is 5.13. The molecule has 3 rings (SSSR count). The molecule has 0 fully saturated rings. The number of benzene rings is 1. The first-order valence-corrected chi connectivity index (χ1v) is 6.96. The number of carbonyl (C=O) groups is 1. The summed E-state index contributed by atoms with van der Waals surface area (Å²) in [6.07, 6.45) is 2.78. The molecule has 0 unspecified atom stereocenters. The predicted octanol–water partition coefficient (Wildman–Crippen LogP) is 1.01. The molecule has 25 heavy (non-hydrogen) atoms. The Morgan fingerprint density at radius 1 is 1.28 bits per heavy atom. The molecule has 9 heteroatoms. The van der Waals surface area contributed by atoms with Crippen LogP contribution in [0.4, 0.5) is 15.0 Å². The Morgan fingerprint density at radius 3 is 2.52 bits per heavy atom. The third kappa shape index (κ3) is 5.55. The van der Waals surface area contributed by atoms with Gasteiger partial charge in [-0.25, -0.2) is 25.8 Å². The molecule has 0 saturated carbocycles. The first kappa shape index (κ1) is 22.2. The number of anilines is 1. The van der Waals surface area contributed by atoms with E-state index in [4.69, 9.17) is 32.3 Å². The Hall–Kier alpha value is -0.878. The SMILES string of the molecule is Cc1[c-]cncc1-c1cc2cc(N)ncc2c(Cl)c1F.O=C(O)O.[Cs+]. The van der Waals surface area contributed by atoms with Crippen LogP contribution in [0.25, 0.3) is 21.9 Å². The maximum Gasteiger partial charge on any atom is 1.00 e. The topological polar surface area (TPSA) is 109 Å². The molecule has 124 valence electrons. The molecule has 0 amide bonds. The second kappa shape index (κ2) is 9.72. The molecule has 0 bridgehead atoms. The van der Waals surface area contributed by atoms with Gasteiger partial charge in [0.15, 0.2) is 0 Å². The molecule has 0 aliphatic heterocycles. The van der Waals surface area contributed by atoms with Crippen molar-refractivity contribution in [1.29, 1.82) is 0 Å². The van der Waals surface area contributed by atoms with Gasteiger partial charge in [0.05, 0.1) is 5.02 Å². The molecule has 0 saturated heterocycles. The third-order valence-corrected chi connectivity index (χ3v) is 3.55. The number of carboxylic acid groups (broad SMARTS) is 2. The number of fused-ring (bicyclic) bond motifs is 1. The fraction of sp³-hybridized carbons (Fsp3) is 0.0625. The Balaban J connectivity index is 0.000000568. The van der Waals surface area contributed by atoms with Crippen LogP contribution in [0.3, 0.4) is 0 Å². The Bertz CT molecular complexity index is 921. The van der Waals surface area contributed by atoms with Gasteiger partial charge in [-0.05, 0) is 17.6 Å². The first-order valence-electron chi connectivity index (χ1n) is 6.59. The van der Waals surface area contributed by atoms with E-state index in [1.165, 1.54) is 6.20 Å². The maximum atomic E-state index is 14.5. The minimum Gasteiger partial charge on any atom is -0.450 e. The summed E-state index contributed by atoms with van der Waals surface area (Å²) in [6, 6.07) is 6.31. The predicted molar refractivity (Wildman–Crippen MR) is 88.6 cm³/mol. The summed E-state index contributed by atoms with van der Waals surface area (Å²) in [5.41, 5.74) is 7.51. The van der Waals surface area contributed by atoms with Crippen LogP contribution >= 0.6 is 11.6 Å². The largest absolute Gasteiger partial charge is 1.00 e. The van der Waals surface area contributed by atoms with E-state index in [9.17, 15) is 4.39 Å². The molecule has 0 radical (unpaired) electrons. The molecule has 0 spiro atoms. The van der Waals surface area contributed by atoms with E-state index in [-0.39, 0.29) is 73.9 Å². The van der Waals surface area contributed by atoms with Crippen LogP contribution < -0.4 is 74.6 Å². The van der Waals surface area contributed by atoms with Crippen LogP contribution in [0.2, 0.25) is 5.02 Å². The van der Waals surface area contributed by atoms with Crippen molar-refractivity contribution in [2.45, 2.75) is 6.92 Å². The average molecular weight is 482 g/mol. The van der Waals surface area contributed by atoms with Gasteiger partial charge in [0.2, 0.25) is 0 Å². The summed E-state index contributed by atoms with van der Waals surface area (Å²) in [5, 5.41) is 15.3. The molecular weight excluding hydrogens is 470 g/mol. The number of aryl methyl sites for hydroxylation is 1. The van der Waals surface area contributed by atoms with Crippen LogP contribution in [-0.2, 0) is 0 Å². The molecule has 1 aromatic carbocycles. The van der Waals surface area contributed by atoms with Gasteiger partial charge in [-0.1, -0.05) is 36.4 Å². The van der Waals surface area contributed by atoms with Crippen molar-refractivity contribution in [3.63, 3.8) is 0 Å². The Morgan fingerprint density at radius 2 is 1.92 bits per heavy atom. The minimum absolute atomic E-state index is 0. The zero-order chi connectivity index (χ0) is 17.9. The van der Waals surface area contributed by atoms with E-state index in [0.717, 1.165) is 10.9 Å². The smallest absolute Gasteiger partial charge is 0.450 e. The summed E-state index contributed by atoms with van der Waals surface area (Å²) in [7, 11) is 0. The molecule has 2 heterocycles. The number of hydrogen-bond acceptors (Lipinski definition) is 4. The molecule has 3 aromatic rings. The molecular formula is C16H12ClCsFN3O3. The number of nitrogens with zero attached hydrogens (tertiary/aromatic N) is 2. The number of nitrogen functional groups attached to an aromatic ring is 1. The zero-order valence-corrected chi connectivity index (χ0v) is 20.5. The number of halogens is 2. The number of rotatable bonds is 1. The fourth-order valence-corrected chi connectivity index (χ4v) is 2.39. The van der Waals surface area contributed by atoms with E-state index in [1.807, 2.05) is 6.92 Å². The number of hydrogen-bond donors (Lipinski definition) is 3. The monoisotopic (exact) mass is 481 g/mol. The molecule has 0 aliphatic carbocycles. The second-order valence-electron chi connectivity index (χ2n) is 4.76. The van der Waals surface area contributed by atoms with Crippen molar-refractivity contribution in [3.05, 3.63) is 53.2 Å². The van der Waals surface area contributed by atoms with Gasteiger partial charge < -0.3 is 20.9 Å². The van der Waals surface area contributed by atoms with E-state index >= 15 is 0 Å². The Labute approximate surface area is 206 Å². The number of aromatic nitrogens is 2. The molecule has 0 aliphatic rings. The Kier molecular flexibility index (Phi) is 8.62. The van der Waals surface area contributed by atoms with Gasteiger partial charge in [0.1, 0.15) is 11.6 Å². The quantitative estimate of drug-likeness (QED) is 0.448. The summed E-state index contributed by atoms with van der Waals surface area (Å²) >= 11 is 6.10. The maximum absolute atomic E-state index is 14.5. The number of pyridine rings is 2. The summed E-state index contributed by atoms with van der Waals surface area (Å²) in [4.78, 5) is 16.5. The molecule has 2 aromatic heterocycles. The van der Waals surface area contributed by atoms with E-state index in [2.05, 4.69) is 16.0 Å². The summed E-state index contributed by atoms with van der Waals surface area (Å²) in [6.45, 7) is 1.84. The van der Waals surface area contributed by atoms with Crippen molar-refractivity contribution in [2.75, 3.05) is 5.73 Å². The van der Waals surface area contributed by atoms with Gasteiger partial charge >= 0.3 is 75.0 Å². The van der Waals surface area contributed by atoms with Crippen LogP contribution in [0.15, 0.2) is 30.7 Å².